The van der Waals surface area contributed by atoms with Gasteiger partial charge in [-0.05, 0) is 97.9 Å². The summed E-state index contributed by atoms with van der Waals surface area (Å²) in [5.41, 5.74) is 1.37. The molecule has 54 heavy (non-hydrogen) atoms. The molecule has 282 valence electrons. The number of carbonyl (C=O) groups excluding carboxylic acids is 4. The van der Waals surface area contributed by atoms with Crippen molar-refractivity contribution in [3.05, 3.63) is 89.5 Å². The minimum atomic E-state index is -0.0922. The molecule has 2 atom stereocenters. The number of fused-ring (bicyclic) bond motifs is 2. The van der Waals surface area contributed by atoms with E-state index in [1.165, 1.54) is 6.92 Å². The van der Waals surface area contributed by atoms with E-state index in [2.05, 4.69) is 30.8 Å². The maximum absolute atomic E-state index is 12.8. The maximum atomic E-state index is 12.8. The number of carbonyl (C=O) groups is 4. The lowest BCUT2D eigenvalue weighted by Crippen LogP contribution is -2.52. The highest BCUT2D eigenvalue weighted by Gasteiger charge is 2.42. The van der Waals surface area contributed by atoms with E-state index in [1.807, 2.05) is 62.4 Å². The van der Waals surface area contributed by atoms with Crippen molar-refractivity contribution >= 4 is 62.6 Å². The number of ether oxygens (including phenoxy) is 1. The molecule has 4 heterocycles. The van der Waals surface area contributed by atoms with E-state index in [0.717, 1.165) is 25.7 Å². The van der Waals surface area contributed by atoms with Crippen LogP contribution < -0.4 is 29.2 Å². The van der Waals surface area contributed by atoms with Crippen LogP contribution in [0.5, 0.6) is 17.4 Å². The minimum absolute atomic E-state index is 0.0265. The topological polar surface area (TPSA) is 146 Å². The first-order chi connectivity index (χ1) is 26.0. The number of halogens is 1. The summed E-state index contributed by atoms with van der Waals surface area (Å²) in [5.74, 6) is 2.99. The predicted molar refractivity (Wildman–Crippen MR) is 208 cm³/mol. The van der Waals surface area contributed by atoms with Crippen LogP contribution in [0, 0.1) is 11.8 Å². The standard InChI is InChI=1S/C20H21N3O3.C14H16BrN3O2.C6H6O2/c1-13-12-22(20(25)15-8-9-15)19-17(23(13)14(2)24)10-11-18(21-19)26-16-6-4-3-5-7-16;1-8-7-17(14(20)10-3-4-10)13-11(18(8)9(2)19)5-6-12(15)16-13;7-8-6-4-2-1-3-5-6/h3-7,10-11,13,15H,8-9,12H2,1-2H3;5-6,8,10H,3-4,7H2,1-2H3;1-5,7H/t13-;8-;/m00./s1. The highest BCUT2D eigenvalue weighted by molar-refractivity contribution is 9.10. The average Bonchev–Trinajstić information content (AvgIpc) is 4.09. The molecule has 0 radical (unpaired) electrons. The van der Waals surface area contributed by atoms with Crippen LogP contribution in [0.15, 0.2) is 89.5 Å². The molecule has 4 aliphatic rings. The summed E-state index contributed by atoms with van der Waals surface area (Å²) in [7, 11) is 0. The molecule has 0 saturated heterocycles. The van der Waals surface area contributed by atoms with Gasteiger partial charge in [0.05, 0.1) is 23.5 Å². The quantitative estimate of drug-likeness (QED) is 0.125. The van der Waals surface area contributed by atoms with Gasteiger partial charge in [-0.3, -0.25) is 29.0 Å². The van der Waals surface area contributed by atoms with Gasteiger partial charge in [-0.25, -0.2) is 10.2 Å². The van der Waals surface area contributed by atoms with E-state index in [1.54, 1.807) is 62.9 Å². The Hall–Kier alpha value is -5.34. The summed E-state index contributed by atoms with van der Waals surface area (Å²) in [5, 5.41) is 8.04. The molecule has 14 heteroatoms. The molecule has 13 nitrogen and oxygen atoms in total. The summed E-state index contributed by atoms with van der Waals surface area (Å²) >= 11 is 3.34. The SMILES string of the molecule is CC(=O)N1c2ccc(Br)nc2N(C(=O)C2CC2)C[C@@H]1C.CC(=O)N1c2ccc(Oc3ccccc3)nc2N(C(=O)C2CC2)C[C@@H]1C.OOc1ccccc1. The lowest BCUT2D eigenvalue weighted by Gasteiger charge is -2.40. The number of aromatic nitrogens is 2. The molecule has 0 bridgehead atoms. The van der Waals surface area contributed by atoms with Gasteiger partial charge in [0, 0.05) is 44.8 Å². The number of anilines is 4. The minimum Gasteiger partial charge on any atom is -0.439 e. The number of nitrogens with zero attached hydrogens (tertiary/aromatic N) is 6. The third kappa shape index (κ3) is 8.88. The Kier molecular flexibility index (Phi) is 11.9. The van der Waals surface area contributed by atoms with Crippen molar-refractivity contribution in [2.45, 2.75) is 65.5 Å². The second-order valence-electron chi connectivity index (χ2n) is 13.7. The van der Waals surface area contributed by atoms with Crippen LogP contribution in [0.3, 0.4) is 0 Å². The van der Waals surface area contributed by atoms with Gasteiger partial charge in [0.25, 0.3) is 0 Å². The van der Waals surface area contributed by atoms with Crippen LogP contribution >= 0.6 is 15.9 Å². The van der Waals surface area contributed by atoms with Crippen LogP contribution in [0.4, 0.5) is 23.0 Å². The third-order valence-corrected chi connectivity index (χ3v) is 9.77. The van der Waals surface area contributed by atoms with Gasteiger partial charge < -0.3 is 19.4 Å². The van der Waals surface area contributed by atoms with Gasteiger partial charge in [0.1, 0.15) is 10.4 Å². The molecule has 1 N–H and O–H groups in total. The summed E-state index contributed by atoms with van der Waals surface area (Å²) in [4.78, 5) is 69.0. The molecule has 2 aromatic carbocycles. The zero-order valence-corrected chi connectivity index (χ0v) is 32.2. The molecular weight excluding hydrogens is 756 g/mol. The van der Waals surface area contributed by atoms with Crippen molar-refractivity contribution in [1.82, 2.24) is 9.97 Å². The summed E-state index contributed by atoms with van der Waals surface area (Å²) < 4.78 is 6.49. The average molecular weight is 800 g/mol. The van der Waals surface area contributed by atoms with Crippen LogP contribution in [0.1, 0.15) is 53.4 Å². The Morgan fingerprint density at radius 1 is 0.648 bits per heavy atom. The lowest BCUT2D eigenvalue weighted by atomic mass is 10.1. The van der Waals surface area contributed by atoms with E-state index in [4.69, 9.17) is 9.99 Å². The highest BCUT2D eigenvalue weighted by atomic mass is 79.9. The normalized spacial score (nSPS) is 18.5. The number of hydrogen-bond acceptors (Lipinski definition) is 9. The molecule has 0 spiro atoms. The van der Waals surface area contributed by atoms with E-state index < -0.39 is 0 Å². The number of rotatable bonds is 5. The Morgan fingerprint density at radius 3 is 1.52 bits per heavy atom. The summed E-state index contributed by atoms with van der Waals surface area (Å²) in [6.45, 7) is 7.94. The summed E-state index contributed by atoms with van der Waals surface area (Å²) in [6.07, 6.45) is 3.78. The van der Waals surface area contributed by atoms with Crippen LogP contribution in [-0.2, 0) is 19.2 Å². The van der Waals surface area contributed by atoms with Gasteiger partial charge in [-0.1, -0.05) is 36.4 Å². The third-order valence-electron chi connectivity index (χ3n) is 9.33. The maximum Gasteiger partial charge on any atom is 0.231 e. The number of pyridine rings is 2. The first-order valence-electron chi connectivity index (χ1n) is 18.0. The van der Waals surface area contributed by atoms with Crippen LogP contribution in [0.25, 0.3) is 0 Å². The lowest BCUT2D eigenvalue weighted by molar-refractivity contribution is -0.137. The van der Waals surface area contributed by atoms with E-state index >= 15 is 0 Å². The first kappa shape index (κ1) is 38.4. The fraction of sp³-hybridized carbons (Fsp3) is 0.350. The Morgan fingerprint density at radius 2 is 1.09 bits per heavy atom. The van der Waals surface area contributed by atoms with Gasteiger partial charge >= 0.3 is 0 Å². The molecule has 4 amide bonds. The fourth-order valence-corrected chi connectivity index (χ4v) is 6.85. The molecule has 8 rings (SSSR count). The van der Waals surface area contributed by atoms with Crippen molar-refractivity contribution in [2.75, 3.05) is 32.7 Å². The Bertz CT molecular complexity index is 1990. The molecule has 2 aliphatic heterocycles. The molecular formula is C40H43BrN6O7. The van der Waals surface area contributed by atoms with Crippen LogP contribution in [0.2, 0.25) is 0 Å². The van der Waals surface area contributed by atoms with Crippen molar-refractivity contribution in [2.24, 2.45) is 11.8 Å². The predicted octanol–water partition coefficient (Wildman–Crippen LogP) is 7.25. The molecule has 0 unspecified atom stereocenters. The largest absolute Gasteiger partial charge is 0.439 e. The molecule has 2 saturated carbocycles. The van der Waals surface area contributed by atoms with Crippen molar-refractivity contribution < 1.29 is 34.1 Å². The summed E-state index contributed by atoms with van der Waals surface area (Å²) in [6, 6.07) is 25.2. The van der Waals surface area contributed by atoms with Gasteiger partial charge in [0.15, 0.2) is 17.4 Å². The molecule has 2 aromatic heterocycles. The van der Waals surface area contributed by atoms with E-state index in [0.29, 0.717) is 58.1 Å². The van der Waals surface area contributed by atoms with E-state index in [-0.39, 0.29) is 47.5 Å². The van der Waals surface area contributed by atoms with Crippen LogP contribution in [-0.4, -0.2) is 64.0 Å². The number of amides is 4. The van der Waals surface area contributed by atoms with Gasteiger partial charge in [0.2, 0.25) is 29.5 Å². The second kappa shape index (κ2) is 16.8. The monoisotopic (exact) mass is 798 g/mol. The van der Waals surface area contributed by atoms with Crippen molar-refractivity contribution in [3.8, 4) is 17.4 Å². The molecule has 4 aromatic rings. The van der Waals surface area contributed by atoms with Gasteiger partial charge in [-0.2, -0.15) is 4.98 Å². The number of hydrogen-bond donors (Lipinski definition) is 1. The van der Waals surface area contributed by atoms with Crippen molar-refractivity contribution in [1.29, 1.82) is 0 Å². The van der Waals surface area contributed by atoms with Gasteiger partial charge in [-0.15, -0.1) is 0 Å². The van der Waals surface area contributed by atoms with Crippen molar-refractivity contribution in [3.63, 3.8) is 0 Å². The molecule has 2 fully saturated rings. The fourth-order valence-electron chi connectivity index (χ4n) is 6.55. The smallest absolute Gasteiger partial charge is 0.231 e. The highest BCUT2D eigenvalue weighted by Crippen LogP contribution is 2.41. The number of para-hydroxylation sites is 2. The molecule has 2 aliphatic carbocycles. The Balaban J connectivity index is 0.000000156. The zero-order chi connectivity index (χ0) is 38.5. The second-order valence-corrected chi connectivity index (χ2v) is 14.5. The van der Waals surface area contributed by atoms with E-state index in [9.17, 15) is 19.2 Å². The first-order valence-corrected chi connectivity index (χ1v) is 18.7. The Labute approximate surface area is 322 Å². The zero-order valence-electron chi connectivity index (χ0n) is 30.6. The number of benzene rings is 2.